The fraction of sp³-hybridized carbons (Fsp3) is 0.944. The van der Waals surface area contributed by atoms with Gasteiger partial charge in [0, 0.05) is 5.92 Å². The zero-order valence-corrected chi connectivity index (χ0v) is 27.2. The molecule has 1 saturated heterocycles. The monoisotopic (exact) mass is 574 g/mol. The van der Waals surface area contributed by atoms with E-state index in [9.17, 15) is 15.3 Å². The zero-order valence-electron chi connectivity index (χ0n) is 27.2. The molecule has 1 heterocycles. The average molecular weight is 575 g/mol. The van der Waals surface area contributed by atoms with Crippen LogP contribution in [0.5, 0.6) is 0 Å². The van der Waals surface area contributed by atoms with Gasteiger partial charge in [-0.05, 0) is 110 Å². The van der Waals surface area contributed by atoms with E-state index >= 15 is 0 Å². The van der Waals surface area contributed by atoms with Crippen LogP contribution in [0.4, 0.5) is 0 Å². The lowest BCUT2D eigenvalue weighted by molar-refractivity contribution is -0.301. The molecule has 0 amide bonds. The van der Waals surface area contributed by atoms with Crippen molar-refractivity contribution in [2.45, 2.75) is 150 Å². The third-order valence-corrected chi connectivity index (χ3v) is 13.8. The van der Waals surface area contributed by atoms with Crippen molar-refractivity contribution in [3.63, 3.8) is 0 Å². The highest BCUT2D eigenvalue weighted by molar-refractivity contribution is 5.25. The minimum Gasteiger partial charge on any atom is -0.394 e. The molecule has 5 rings (SSSR count). The second-order valence-corrected chi connectivity index (χ2v) is 16.0. The molecule has 14 atom stereocenters. The fourth-order valence-corrected chi connectivity index (χ4v) is 11.0. The zero-order chi connectivity index (χ0) is 29.7. The van der Waals surface area contributed by atoms with Crippen LogP contribution in [-0.2, 0) is 9.47 Å². The molecule has 5 aliphatic rings. The van der Waals surface area contributed by atoms with Crippen LogP contribution in [0.3, 0.4) is 0 Å². The number of hydrogen-bond donors (Lipinski definition) is 3. The standard InChI is InChI=1S/C36H62O5/c1-8-24(21(2)3)10-9-22(4)28-13-14-29-27-12-11-25-19-26(15-17-35(25,6)30(27)16-18-36(28,29)7)40-34-33(39)23(5)32(38)31(20-37)41-34/h11,21-24,26-34,37-39H,8-10,12-20H2,1-7H3/t22-,23+,24-,26+,27+,28-,29+,30+,31-,32+,33-,34-,35+,36-/m1/s1. The molecule has 236 valence electrons. The van der Waals surface area contributed by atoms with Gasteiger partial charge in [0.25, 0.3) is 0 Å². The van der Waals surface area contributed by atoms with Crippen molar-refractivity contribution in [1.82, 2.24) is 0 Å². The van der Waals surface area contributed by atoms with Crippen LogP contribution >= 0.6 is 0 Å². The molecule has 4 aliphatic carbocycles. The molecule has 0 spiro atoms. The Morgan fingerprint density at radius 1 is 1.00 bits per heavy atom. The van der Waals surface area contributed by atoms with Crippen LogP contribution in [0, 0.1) is 58.2 Å². The Morgan fingerprint density at radius 3 is 2.44 bits per heavy atom. The molecule has 0 radical (unpaired) electrons. The first-order chi connectivity index (χ1) is 19.4. The van der Waals surface area contributed by atoms with Gasteiger partial charge in [-0.3, -0.25) is 0 Å². The van der Waals surface area contributed by atoms with Crippen LogP contribution in [0.15, 0.2) is 11.6 Å². The van der Waals surface area contributed by atoms with E-state index in [2.05, 4.69) is 47.6 Å². The number of aliphatic hydroxyl groups excluding tert-OH is 3. The van der Waals surface area contributed by atoms with Gasteiger partial charge in [-0.25, -0.2) is 0 Å². The SMILES string of the molecule is CC[C@H](CC[C@@H](C)[C@H]1CC[C@H]2[C@@H]3CC=C4C[C@@H](O[C@@H]5O[C@H](CO)[C@@H](O)[C@H](C)[C@H]5O)CC[C@]4(C)[C@H]3CC[C@]12C)C(C)C. The first kappa shape index (κ1) is 31.9. The predicted molar refractivity (Wildman–Crippen MR) is 164 cm³/mol. The Kier molecular flexibility index (Phi) is 9.74. The molecule has 0 aromatic rings. The largest absolute Gasteiger partial charge is 0.394 e. The van der Waals surface area contributed by atoms with Crippen LogP contribution in [-0.4, -0.2) is 52.6 Å². The van der Waals surface area contributed by atoms with Crippen LogP contribution in [0.1, 0.15) is 119 Å². The predicted octanol–water partition coefficient (Wildman–Crippen LogP) is 7.12. The molecule has 4 fully saturated rings. The van der Waals surface area contributed by atoms with Crippen molar-refractivity contribution >= 4 is 0 Å². The Balaban J connectivity index is 1.24. The summed E-state index contributed by atoms with van der Waals surface area (Å²) in [6.45, 7) is 16.5. The summed E-state index contributed by atoms with van der Waals surface area (Å²) in [6, 6.07) is 0. The van der Waals surface area contributed by atoms with Crippen LogP contribution in [0.25, 0.3) is 0 Å². The molecule has 5 nitrogen and oxygen atoms in total. The topological polar surface area (TPSA) is 79.2 Å². The van der Waals surface area contributed by atoms with Crippen molar-refractivity contribution in [2.75, 3.05) is 6.61 Å². The second-order valence-electron chi connectivity index (χ2n) is 16.0. The van der Waals surface area contributed by atoms with E-state index in [1.165, 1.54) is 51.4 Å². The summed E-state index contributed by atoms with van der Waals surface area (Å²) in [4.78, 5) is 0. The summed E-state index contributed by atoms with van der Waals surface area (Å²) in [5.74, 6) is 5.43. The van der Waals surface area contributed by atoms with E-state index in [1.54, 1.807) is 12.5 Å². The molecule has 0 unspecified atom stereocenters. The lowest BCUT2D eigenvalue weighted by Gasteiger charge is -2.58. The molecule has 1 aliphatic heterocycles. The van der Waals surface area contributed by atoms with Crippen molar-refractivity contribution in [3.05, 3.63) is 11.6 Å². The third kappa shape index (κ3) is 5.74. The van der Waals surface area contributed by atoms with Crippen molar-refractivity contribution in [3.8, 4) is 0 Å². The molecular formula is C36H62O5. The molecule has 41 heavy (non-hydrogen) atoms. The normalized spacial score (nSPS) is 47.7. The highest BCUT2D eigenvalue weighted by Crippen LogP contribution is 2.67. The second kappa shape index (κ2) is 12.5. The molecule has 3 N–H and O–H groups in total. The molecule has 3 saturated carbocycles. The summed E-state index contributed by atoms with van der Waals surface area (Å²) in [6.07, 6.45) is 13.3. The van der Waals surface area contributed by atoms with Gasteiger partial charge in [-0.2, -0.15) is 0 Å². The van der Waals surface area contributed by atoms with E-state index in [0.29, 0.717) is 5.41 Å². The van der Waals surface area contributed by atoms with Gasteiger partial charge in [0.2, 0.25) is 0 Å². The van der Waals surface area contributed by atoms with E-state index < -0.39 is 30.5 Å². The maximum absolute atomic E-state index is 10.8. The van der Waals surface area contributed by atoms with Crippen LogP contribution in [0.2, 0.25) is 0 Å². The molecule has 0 aromatic carbocycles. The van der Waals surface area contributed by atoms with E-state index in [1.807, 2.05) is 0 Å². The van der Waals surface area contributed by atoms with E-state index in [-0.39, 0.29) is 18.1 Å². The molecule has 5 heteroatoms. The Hall–Kier alpha value is -0.460. The minimum absolute atomic E-state index is 0.00987. The minimum atomic E-state index is -0.891. The van der Waals surface area contributed by atoms with Crippen LogP contribution < -0.4 is 0 Å². The first-order valence-corrected chi connectivity index (χ1v) is 17.4. The summed E-state index contributed by atoms with van der Waals surface area (Å²) in [5.41, 5.74) is 2.32. The lowest BCUT2D eigenvalue weighted by atomic mass is 9.47. The van der Waals surface area contributed by atoms with Gasteiger partial charge in [0.15, 0.2) is 6.29 Å². The third-order valence-electron chi connectivity index (χ3n) is 13.8. The highest BCUT2D eigenvalue weighted by Gasteiger charge is 2.59. The number of hydrogen-bond acceptors (Lipinski definition) is 5. The highest BCUT2D eigenvalue weighted by atomic mass is 16.7. The van der Waals surface area contributed by atoms with Gasteiger partial charge < -0.3 is 24.8 Å². The van der Waals surface area contributed by atoms with Crippen molar-refractivity contribution in [1.29, 1.82) is 0 Å². The van der Waals surface area contributed by atoms with E-state index in [4.69, 9.17) is 9.47 Å². The number of ether oxygens (including phenoxy) is 2. The molecule has 0 aromatic heterocycles. The lowest BCUT2D eigenvalue weighted by Crippen LogP contribution is -2.56. The summed E-state index contributed by atoms with van der Waals surface area (Å²) < 4.78 is 12.2. The number of allylic oxidation sites excluding steroid dienone is 1. The molecule has 0 bridgehead atoms. The van der Waals surface area contributed by atoms with Gasteiger partial charge in [-0.1, -0.05) is 73.0 Å². The summed E-state index contributed by atoms with van der Waals surface area (Å²) in [5, 5.41) is 30.7. The van der Waals surface area contributed by atoms with Crippen molar-refractivity contribution < 1.29 is 24.8 Å². The van der Waals surface area contributed by atoms with Gasteiger partial charge in [0.1, 0.15) is 12.2 Å². The van der Waals surface area contributed by atoms with Crippen molar-refractivity contribution in [2.24, 2.45) is 58.2 Å². The number of fused-ring (bicyclic) bond motifs is 5. The number of rotatable bonds is 9. The Morgan fingerprint density at radius 2 is 1.76 bits per heavy atom. The van der Waals surface area contributed by atoms with Gasteiger partial charge in [-0.15, -0.1) is 0 Å². The number of aliphatic hydroxyl groups is 3. The Bertz CT molecular complexity index is 916. The fourth-order valence-electron chi connectivity index (χ4n) is 11.0. The quantitative estimate of drug-likeness (QED) is 0.256. The van der Waals surface area contributed by atoms with Gasteiger partial charge in [0.05, 0.1) is 18.8 Å². The smallest absolute Gasteiger partial charge is 0.184 e. The van der Waals surface area contributed by atoms with E-state index in [0.717, 1.165) is 60.7 Å². The summed E-state index contributed by atoms with van der Waals surface area (Å²) >= 11 is 0. The Labute approximate surface area is 250 Å². The maximum atomic E-state index is 10.8. The first-order valence-electron chi connectivity index (χ1n) is 17.4. The molecular weight excluding hydrogens is 512 g/mol. The summed E-state index contributed by atoms with van der Waals surface area (Å²) in [7, 11) is 0. The maximum Gasteiger partial charge on any atom is 0.184 e. The van der Waals surface area contributed by atoms with Gasteiger partial charge >= 0.3 is 0 Å². The average Bonchev–Trinajstić information content (AvgIpc) is 3.30.